The van der Waals surface area contributed by atoms with Crippen LogP contribution in [0.3, 0.4) is 0 Å². The minimum Gasteiger partial charge on any atom is -0.377 e. The van der Waals surface area contributed by atoms with Gasteiger partial charge in [0.15, 0.2) is 0 Å². The van der Waals surface area contributed by atoms with Crippen molar-refractivity contribution in [2.24, 2.45) is 0 Å². The van der Waals surface area contributed by atoms with Crippen molar-refractivity contribution in [3.8, 4) is 5.69 Å². The van der Waals surface area contributed by atoms with E-state index in [4.69, 9.17) is 0 Å². The highest BCUT2D eigenvalue weighted by Gasteiger charge is 2.08. The summed E-state index contributed by atoms with van der Waals surface area (Å²) < 4.78 is 1.64. The highest BCUT2D eigenvalue weighted by molar-refractivity contribution is 5.49. The van der Waals surface area contributed by atoms with Gasteiger partial charge in [-0.15, -0.1) is 5.10 Å². The number of hydrogen-bond acceptors (Lipinski definition) is 5. The predicted molar refractivity (Wildman–Crippen MR) is 80.2 cm³/mol. The van der Waals surface area contributed by atoms with Crippen LogP contribution in [0.5, 0.6) is 0 Å². The van der Waals surface area contributed by atoms with Gasteiger partial charge in [0, 0.05) is 12.2 Å². The van der Waals surface area contributed by atoms with E-state index in [1.54, 1.807) is 17.2 Å². The lowest BCUT2D eigenvalue weighted by molar-refractivity contribution is 0.784. The molecule has 0 aliphatic rings. The second-order valence-electron chi connectivity index (χ2n) is 4.85. The van der Waals surface area contributed by atoms with Crippen molar-refractivity contribution in [2.75, 3.05) is 5.32 Å². The third-order valence-electron chi connectivity index (χ3n) is 3.36. The Labute approximate surface area is 122 Å². The largest absolute Gasteiger partial charge is 0.377 e. The van der Waals surface area contributed by atoms with E-state index < -0.39 is 0 Å². The molecule has 106 valence electrons. The van der Waals surface area contributed by atoms with Crippen LogP contribution in [0.25, 0.3) is 5.69 Å². The van der Waals surface area contributed by atoms with Crippen molar-refractivity contribution in [3.05, 3.63) is 60.2 Å². The molecule has 0 aliphatic heterocycles. The summed E-state index contributed by atoms with van der Waals surface area (Å²) in [6, 6.07) is 12.2. The van der Waals surface area contributed by atoms with Crippen LogP contribution < -0.4 is 5.32 Å². The van der Waals surface area contributed by atoms with E-state index in [0.717, 1.165) is 22.6 Å². The molecular formula is C15H16N6. The van der Waals surface area contributed by atoms with Crippen LogP contribution in [-0.2, 0) is 0 Å². The molecule has 0 aliphatic carbocycles. The topological polar surface area (TPSA) is 68.5 Å². The second-order valence-corrected chi connectivity index (χ2v) is 4.85. The number of nitrogens with one attached hydrogen (secondary N) is 1. The molecule has 0 spiro atoms. The van der Waals surface area contributed by atoms with Gasteiger partial charge in [-0.05, 0) is 54.1 Å². The zero-order chi connectivity index (χ0) is 14.7. The summed E-state index contributed by atoms with van der Waals surface area (Å²) in [4.78, 5) is 4.29. The number of rotatable bonds is 4. The number of aromatic nitrogens is 5. The lowest BCUT2D eigenvalue weighted by Gasteiger charge is -2.17. The van der Waals surface area contributed by atoms with E-state index in [1.165, 1.54) is 0 Å². The van der Waals surface area contributed by atoms with Gasteiger partial charge in [-0.3, -0.25) is 4.98 Å². The van der Waals surface area contributed by atoms with Gasteiger partial charge in [-0.1, -0.05) is 12.1 Å². The molecule has 1 unspecified atom stereocenters. The molecule has 6 nitrogen and oxygen atoms in total. The molecule has 21 heavy (non-hydrogen) atoms. The molecule has 1 aromatic carbocycles. The molecule has 0 saturated carbocycles. The average molecular weight is 280 g/mol. The highest BCUT2D eigenvalue weighted by atomic mass is 15.5. The quantitative estimate of drug-likeness (QED) is 0.795. The number of aryl methyl sites for hydroxylation is 1. The van der Waals surface area contributed by atoms with E-state index in [9.17, 15) is 0 Å². The lowest BCUT2D eigenvalue weighted by atomic mass is 10.1. The van der Waals surface area contributed by atoms with Crippen LogP contribution in [0.2, 0.25) is 0 Å². The first-order chi connectivity index (χ1) is 10.2. The third-order valence-corrected chi connectivity index (χ3v) is 3.36. The van der Waals surface area contributed by atoms with E-state index >= 15 is 0 Å². The van der Waals surface area contributed by atoms with Crippen molar-refractivity contribution in [3.63, 3.8) is 0 Å². The Balaban J connectivity index is 1.84. The van der Waals surface area contributed by atoms with Gasteiger partial charge in [0.2, 0.25) is 0 Å². The molecule has 3 rings (SSSR count). The summed E-state index contributed by atoms with van der Waals surface area (Å²) in [5, 5.41) is 14.7. The smallest absolute Gasteiger partial charge is 0.143 e. The summed E-state index contributed by atoms with van der Waals surface area (Å²) >= 11 is 0. The summed E-state index contributed by atoms with van der Waals surface area (Å²) in [5.41, 5.74) is 4.12. The monoisotopic (exact) mass is 280 g/mol. The Morgan fingerprint density at radius 1 is 1.19 bits per heavy atom. The minimum absolute atomic E-state index is 0.157. The molecule has 6 heteroatoms. The Kier molecular flexibility index (Phi) is 3.59. The fourth-order valence-electron chi connectivity index (χ4n) is 2.17. The average Bonchev–Trinajstić information content (AvgIpc) is 3.04. The van der Waals surface area contributed by atoms with Crippen LogP contribution in [0.4, 0.5) is 5.69 Å². The molecule has 0 amide bonds. The number of tetrazole rings is 1. The Bertz CT molecular complexity index is 723. The molecule has 2 heterocycles. The van der Waals surface area contributed by atoms with Crippen LogP contribution in [0.15, 0.2) is 48.9 Å². The maximum absolute atomic E-state index is 4.29. The molecular weight excluding hydrogens is 264 g/mol. The minimum atomic E-state index is 0.157. The molecule has 0 radical (unpaired) electrons. The molecule has 1 atom stereocenters. The van der Waals surface area contributed by atoms with Gasteiger partial charge in [0.05, 0.1) is 17.1 Å². The summed E-state index contributed by atoms with van der Waals surface area (Å²) in [7, 11) is 0. The van der Waals surface area contributed by atoms with Gasteiger partial charge in [0.1, 0.15) is 6.33 Å². The van der Waals surface area contributed by atoms with Crippen molar-refractivity contribution >= 4 is 5.69 Å². The summed E-state index contributed by atoms with van der Waals surface area (Å²) in [6.45, 7) is 4.11. The number of hydrogen-bond donors (Lipinski definition) is 1. The highest BCUT2D eigenvalue weighted by Crippen LogP contribution is 2.22. The van der Waals surface area contributed by atoms with Crippen molar-refractivity contribution in [1.82, 2.24) is 25.2 Å². The maximum atomic E-state index is 4.29. The third kappa shape index (κ3) is 2.89. The normalized spacial score (nSPS) is 12.1. The van der Waals surface area contributed by atoms with Crippen molar-refractivity contribution in [1.29, 1.82) is 0 Å². The lowest BCUT2D eigenvalue weighted by Crippen LogP contribution is -2.09. The van der Waals surface area contributed by atoms with Gasteiger partial charge in [-0.25, -0.2) is 4.68 Å². The fraction of sp³-hybridized carbons (Fsp3) is 0.200. The first-order valence-corrected chi connectivity index (χ1v) is 6.75. The van der Waals surface area contributed by atoms with Crippen molar-refractivity contribution < 1.29 is 0 Å². The summed E-state index contributed by atoms with van der Waals surface area (Å²) in [6.07, 6.45) is 3.38. The van der Waals surface area contributed by atoms with Crippen LogP contribution in [0.1, 0.15) is 24.2 Å². The molecule has 3 aromatic rings. The Hall–Kier alpha value is -2.76. The van der Waals surface area contributed by atoms with Crippen molar-refractivity contribution in [2.45, 2.75) is 19.9 Å². The molecule has 2 aromatic heterocycles. The van der Waals surface area contributed by atoms with Gasteiger partial charge in [-0.2, -0.15) is 0 Å². The summed E-state index contributed by atoms with van der Waals surface area (Å²) in [5.74, 6) is 0. The van der Waals surface area contributed by atoms with E-state index in [2.05, 4.69) is 44.9 Å². The van der Waals surface area contributed by atoms with Gasteiger partial charge < -0.3 is 5.32 Å². The maximum Gasteiger partial charge on any atom is 0.143 e. The Morgan fingerprint density at radius 2 is 2.10 bits per heavy atom. The number of benzene rings is 1. The number of nitrogens with zero attached hydrogens (tertiary/aromatic N) is 5. The number of pyridine rings is 1. The van der Waals surface area contributed by atoms with Crippen LogP contribution >= 0.6 is 0 Å². The molecule has 1 N–H and O–H groups in total. The Morgan fingerprint density at radius 3 is 2.86 bits per heavy atom. The zero-order valence-corrected chi connectivity index (χ0v) is 11.9. The van der Waals surface area contributed by atoms with E-state index in [1.807, 2.05) is 31.2 Å². The van der Waals surface area contributed by atoms with Crippen LogP contribution in [0, 0.1) is 6.92 Å². The molecule has 0 bridgehead atoms. The molecule has 0 saturated heterocycles. The second kappa shape index (κ2) is 5.70. The fourth-order valence-corrected chi connectivity index (χ4v) is 2.17. The van der Waals surface area contributed by atoms with E-state index in [-0.39, 0.29) is 6.04 Å². The number of anilines is 1. The van der Waals surface area contributed by atoms with Gasteiger partial charge in [0.25, 0.3) is 0 Å². The van der Waals surface area contributed by atoms with Crippen LogP contribution in [-0.4, -0.2) is 25.2 Å². The first kappa shape index (κ1) is 13.2. The SMILES string of the molecule is Cc1ncccc1NC(C)c1cccc(-n2cnnn2)c1. The first-order valence-electron chi connectivity index (χ1n) is 6.75. The standard InChI is InChI=1S/C15H16N6/c1-11(18-15-7-4-8-16-12(15)2)13-5-3-6-14(9-13)21-10-17-19-20-21/h3-11,18H,1-2H3. The zero-order valence-electron chi connectivity index (χ0n) is 11.9. The van der Waals surface area contributed by atoms with Gasteiger partial charge >= 0.3 is 0 Å². The van der Waals surface area contributed by atoms with E-state index in [0.29, 0.717) is 0 Å². The predicted octanol–water partition coefficient (Wildman–Crippen LogP) is 2.54. The molecule has 0 fully saturated rings.